The molecule has 0 saturated heterocycles. The van der Waals surface area contributed by atoms with Crippen molar-refractivity contribution in [2.75, 3.05) is 47.5 Å². The third kappa shape index (κ3) is 10.6. The molecule has 0 aromatic heterocycles. The number of carbonyl (C=O) groups excluding carboxylic acids is 1. The molecule has 1 atom stereocenters. The van der Waals surface area contributed by atoms with Gasteiger partial charge in [0.1, 0.15) is 19.8 Å². The molecule has 0 saturated carbocycles. The van der Waals surface area contributed by atoms with E-state index in [2.05, 4.69) is 6.58 Å². The lowest BCUT2D eigenvalue weighted by atomic mass is 10.4. The molecule has 0 fully saturated rings. The third-order valence-corrected chi connectivity index (χ3v) is 2.64. The van der Waals surface area contributed by atoms with E-state index in [1.807, 2.05) is 21.1 Å². The van der Waals surface area contributed by atoms with Crippen molar-refractivity contribution in [2.24, 2.45) is 0 Å². The van der Waals surface area contributed by atoms with E-state index >= 15 is 0 Å². The van der Waals surface area contributed by atoms with Gasteiger partial charge in [-0.2, -0.15) is 0 Å². The van der Waals surface area contributed by atoms with E-state index in [0.29, 0.717) is 12.2 Å². The Morgan fingerprint density at radius 1 is 1.22 bits per heavy atom. The fourth-order valence-electron chi connectivity index (χ4n) is 0.803. The van der Waals surface area contributed by atoms with Gasteiger partial charge in [0.05, 0.1) is 27.7 Å². The monoisotopic (exact) mass is 280 g/mol. The number of hydrogen-bond acceptors (Lipinski definition) is 5. The fraction of sp³-hybridized carbons (Fsp3) is 0.727. The van der Waals surface area contributed by atoms with Crippen molar-refractivity contribution in [2.45, 2.75) is 6.92 Å². The Morgan fingerprint density at radius 2 is 1.78 bits per heavy atom. The highest BCUT2D eigenvalue weighted by Crippen LogP contribution is 2.32. The van der Waals surface area contributed by atoms with Gasteiger partial charge in [-0.3, -0.25) is 0 Å². The average Bonchev–Trinajstić information content (AvgIpc) is 2.22. The average molecular weight is 280 g/mol. The molecule has 6 nitrogen and oxygen atoms in total. The molecule has 0 heterocycles. The van der Waals surface area contributed by atoms with Crippen molar-refractivity contribution in [3.05, 3.63) is 12.2 Å². The van der Waals surface area contributed by atoms with Crippen LogP contribution in [0.5, 0.6) is 0 Å². The molecule has 7 heteroatoms. The molecule has 0 radical (unpaired) electrons. The quantitative estimate of drug-likeness (QED) is 0.225. The van der Waals surface area contributed by atoms with Crippen LogP contribution < -0.4 is 0 Å². The molecule has 0 spiro atoms. The molecule has 0 aromatic carbocycles. The molecule has 0 aliphatic rings. The second kappa shape index (κ2) is 8.56. The summed E-state index contributed by atoms with van der Waals surface area (Å²) in [5, 5.41) is 0. The van der Waals surface area contributed by atoms with Crippen LogP contribution in [0, 0.1) is 0 Å². The van der Waals surface area contributed by atoms with Crippen molar-refractivity contribution in [3.8, 4) is 0 Å². The number of hydrogen-bond donors (Lipinski definition) is 1. The van der Waals surface area contributed by atoms with Crippen LogP contribution in [0.2, 0.25) is 0 Å². The van der Waals surface area contributed by atoms with Crippen molar-refractivity contribution in [3.63, 3.8) is 0 Å². The Bertz CT molecular complexity index is 277. The molecule has 0 aliphatic heterocycles. The van der Waals surface area contributed by atoms with Gasteiger partial charge in [-0.1, -0.05) is 6.58 Å². The molecule has 0 aromatic rings. The van der Waals surface area contributed by atoms with Crippen molar-refractivity contribution in [1.29, 1.82) is 0 Å². The maximum Gasteiger partial charge on any atom is 0.333 e. The second-order valence-electron chi connectivity index (χ2n) is 4.83. The summed E-state index contributed by atoms with van der Waals surface area (Å²) in [5.74, 6) is -0.466. The highest BCUT2D eigenvalue weighted by Gasteiger charge is 2.11. The van der Waals surface area contributed by atoms with Gasteiger partial charge in [0, 0.05) is 5.57 Å². The first-order valence-corrected chi connectivity index (χ1v) is 6.73. The maximum atomic E-state index is 11.0. The topological polar surface area (TPSA) is 65.0 Å². The molecular formula is C11H23NO5P+. The van der Waals surface area contributed by atoms with Gasteiger partial charge in [0.2, 0.25) is 0 Å². The van der Waals surface area contributed by atoms with E-state index in [9.17, 15) is 9.69 Å². The Balaban J connectivity index is 3.51. The first kappa shape index (κ1) is 17.5. The standard InChI is InChI=1S/C11H23NO5P/c1-10(2)11(13)15-8-9-17-18(14)16-7-6-12(3,4)5/h14H,1,6-9H2,2-5H3/q+1. The number of likely N-dealkylation sites (N-methyl/N-ethyl adjacent to an activating group) is 1. The summed E-state index contributed by atoms with van der Waals surface area (Å²) in [6, 6.07) is 0. The van der Waals surface area contributed by atoms with Crippen LogP contribution in [-0.2, 0) is 18.6 Å². The van der Waals surface area contributed by atoms with Gasteiger partial charge >= 0.3 is 14.6 Å². The zero-order valence-electron chi connectivity index (χ0n) is 11.5. The minimum atomic E-state index is -1.90. The van der Waals surface area contributed by atoms with Crippen molar-refractivity contribution in [1.82, 2.24) is 0 Å². The molecule has 0 bridgehead atoms. The molecule has 1 unspecified atom stereocenters. The van der Waals surface area contributed by atoms with E-state index < -0.39 is 14.6 Å². The van der Waals surface area contributed by atoms with Crippen LogP contribution in [0.15, 0.2) is 12.2 Å². The summed E-state index contributed by atoms with van der Waals surface area (Å²) < 4.78 is 15.6. The van der Waals surface area contributed by atoms with Crippen molar-refractivity contribution >= 4 is 14.6 Å². The van der Waals surface area contributed by atoms with Gasteiger partial charge < -0.3 is 23.2 Å². The molecule has 18 heavy (non-hydrogen) atoms. The van der Waals surface area contributed by atoms with Gasteiger partial charge in [-0.25, -0.2) is 4.79 Å². The highest BCUT2D eigenvalue weighted by atomic mass is 31.2. The molecular weight excluding hydrogens is 257 g/mol. The summed E-state index contributed by atoms with van der Waals surface area (Å²) in [4.78, 5) is 20.4. The molecule has 0 aliphatic carbocycles. The Hall–Kier alpha value is -0.520. The number of quaternary nitrogens is 1. The van der Waals surface area contributed by atoms with Crippen LogP contribution in [0.3, 0.4) is 0 Å². The summed E-state index contributed by atoms with van der Waals surface area (Å²) in [6.07, 6.45) is 0. The fourth-order valence-corrected chi connectivity index (χ4v) is 1.35. The lowest BCUT2D eigenvalue weighted by Gasteiger charge is -2.23. The summed E-state index contributed by atoms with van der Waals surface area (Å²) >= 11 is 0. The van der Waals surface area contributed by atoms with E-state index in [4.69, 9.17) is 13.8 Å². The first-order chi connectivity index (χ1) is 8.22. The van der Waals surface area contributed by atoms with Crippen LogP contribution in [-0.4, -0.2) is 62.9 Å². The Morgan fingerprint density at radius 3 is 2.28 bits per heavy atom. The van der Waals surface area contributed by atoms with E-state index in [1.54, 1.807) is 6.92 Å². The van der Waals surface area contributed by atoms with Crippen molar-refractivity contribution < 1.29 is 28.0 Å². The maximum absolute atomic E-state index is 11.0. The summed E-state index contributed by atoms with van der Waals surface area (Å²) in [5.41, 5.74) is 0.334. The SMILES string of the molecule is C=C(C)C(=O)OCCOP(O)OCC[N+](C)(C)C. The van der Waals surface area contributed by atoms with Gasteiger partial charge in [-0.05, 0) is 6.92 Å². The number of esters is 1. The van der Waals surface area contributed by atoms with Crippen LogP contribution in [0.4, 0.5) is 0 Å². The first-order valence-electron chi connectivity index (χ1n) is 5.60. The molecule has 1 N–H and O–H groups in total. The van der Waals surface area contributed by atoms with E-state index in [-0.39, 0.29) is 13.2 Å². The van der Waals surface area contributed by atoms with Crippen LogP contribution >= 0.6 is 8.60 Å². The van der Waals surface area contributed by atoms with E-state index in [1.165, 1.54) is 0 Å². The number of ether oxygens (including phenoxy) is 1. The van der Waals surface area contributed by atoms with Gasteiger partial charge in [0.25, 0.3) is 0 Å². The minimum Gasteiger partial charge on any atom is -0.460 e. The van der Waals surface area contributed by atoms with Gasteiger partial charge in [-0.15, -0.1) is 0 Å². The zero-order valence-corrected chi connectivity index (χ0v) is 12.4. The largest absolute Gasteiger partial charge is 0.460 e. The normalized spacial score (nSPS) is 13.2. The number of carbonyl (C=O) groups is 1. The molecule has 0 amide bonds. The van der Waals surface area contributed by atoms with Crippen LogP contribution in [0.25, 0.3) is 0 Å². The smallest absolute Gasteiger partial charge is 0.333 e. The predicted molar refractivity (Wildman–Crippen MR) is 69.7 cm³/mol. The minimum absolute atomic E-state index is 0.0732. The molecule has 106 valence electrons. The zero-order chi connectivity index (χ0) is 14.2. The lowest BCUT2D eigenvalue weighted by molar-refractivity contribution is -0.870. The predicted octanol–water partition coefficient (Wildman–Crippen LogP) is 1.06. The Kier molecular flexibility index (Phi) is 8.31. The summed E-state index contributed by atoms with van der Waals surface area (Å²) in [7, 11) is 4.18. The third-order valence-electron chi connectivity index (χ3n) is 1.83. The second-order valence-corrected chi connectivity index (χ2v) is 5.83. The highest BCUT2D eigenvalue weighted by molar-refractivity contribution is 7.40. The lowest BCUT2D eigenvalue weighted by Crippen LogP contribution is -2.37. The molecule has 0 rings (SSSR count). The summed E-state index contributed by atoms with van der Waals surface area (Å²) in [6.45, 7) is 6.37. The number of nitrogens with zero attached hydrogens (tertiary/aromatic N) is 1. The van der Waals surface area contributed by atoms with E-state index in [0.717, 1.165) is 11.0 Å². The Labute approximate surface area is 110 Å². The van der Waals surface area contributed by atoms with Crippen LogP contribution in [0.1, 0.15) is 6.92 Å². The number of rotatable bonds is 9. The van der Waals surface area contributed by atoms with Gasteiger partial charge in [0.15, 0.2) is 0 Å².